The van der Waals surface area contributed by atoms with Crippen LogP contribution in [0.3, 0.4) is 0 Å². The van der Waals surface area contributed by atoms with Crippen LogP contribution in [0.25, 0.3) is 0 Å². The van der Waals surface area contributed by atoms with Gasteiger partial charge in [-0.3, -0.25) is 4.79 Å². The molecular formula is C15H24O2Si. The first kappa shape index (κ1) is 15.1. The van der Waals surface area contributed by atoms with E-state index in [1.165, 1.54) is 0 Å². The largest absolute Gasteiger partial charge is 0.414 e. The van der Waals surface area contributed by atoms with Gasteiger partial charge in [-0.05, 0) is 26.1 Å². The maximum absolute atomic E-state index is 12.2. The normalized spacial score (nSPS) is 13.3. The van der Waals surface area contributed by atoms with E-state index in [0.717, 1.165) is 18.4 Å². The minimum absolute atomic E-state index is 0.0781. The molecule has 0 heterocycles. The van der Waals surface area contributed by atoms with Crippen molar-refractivity contribution in [2.75, 3.05) is 0 Å². The molecular weight excluding hydrogens is 240 g/mol. The van der Waals surface area contributed by atoms with E-state index in [-0.39, 0.29) is 11.9 Å². The Morgan fingerprint density at radius 3 is 2.33 bits per heavy atom. The zero-order chi connectivity index (χ0) is 13.6. The highest BCUT2D eigenvalue weighted by atomic mass is 28.4. The summed E-state index contributed by atoms with van der Waals surface area (Å²) in [5, 5.41) is 0. The SMILES string of the molecule is CCCC(CC(=O)c1ccccc1)O[Si](C)(C)C. The monoisotopic (exact) mass is 264 g/mol. The fourth-order valence-electron chi connectivity index (χ4n) is 1.97. The third-order valence-electron chi connectivity index (χ3n) is 2.64. The fourth-order valence-corrected chi connectivity index (χ4v) is 3.17. The molecule has 0 spiro atoms. The Labute approximate surface area is 111 Å². The summed E-state index contributed by atoms with van der Waals surface area (Å²) in [6, 6.07) is 9.49. The van der Waals surface area contributed by atoms with Crippen molar-refractivity contribution in [3.63, 3.8) is 0 Å². The van der Waals surface area contributed by atoms with E-state index in [4.69, 9.17) is 4.43 Å². The molecule has 0 aliphatic carbocycles. The van der Waals surface area contributed by atoms with Gasteiger partial charge in [-0.25, -0.2) is 0 Å². The predicted octanol–water partition coefficient (Wildman–Crippen LogP) is 4.28. The third-order valence-corrected chi connectivity index (χ3v) is 3.68. The van der Waals surface area contributed by atoms with Crippen LogP contribution in [0.2, 0.25) is 19.6 Å². The van der Waals surface area contributed by atoms with Gasteiger partial charge < -0.3 is 4.43 Å². The highest BCUT2D eigenvalue weighted by molar-refractivity contribution is 6.69. The minimum Gasteiger partial charge on any atom is -0.414 e. The molecule has 18 heavy (non-hydrogen) atoms. The van der Waals surface area contributed by atoms with Gasteiger partial charge in [0.15, 0.2) is 14.1 Å². The van der Waals surface area contributed by atoms with E-state index in [0.29, 0.717) is 6.42 Å². The van der Waals surface area contributed by atoms with Gasteiger partial charge in [0.05, 0.1) is 6.10 Å². The first-order valence-electron chi connectivity index (χ1n) is 6.68. The lowest BCUT2D eigenvalue weighted by Gasteiger charge is -2.25. The Hall–Kier alpha value is -0.933. The quantitative estimate of drug-likeness (QED) is 0.543. The molecule has 1 rings (SSSR count). The molecule has 0 aliphatic rings. The zero-order valence-corrected chi connectivity index (χ0v) is 12.9. The summed E-state index contributed by atoms with van der Waals surface area (Å²) in [6.07, 6.45) is 2.59. The highest BCUT2D eigenvalue weighted by Gasteiger charge is 2.22. The van der Waals surface area contributed by atoms with E-state index in [1.54, 1.807) is 0 Å². The molecule has 0 aromatic heterocycles. The average molecular weight is 264 g/mol. The number of hydrogen-bond acceptors (Lipinski definition) is 2. The molecule has 0 saturated heterocycles. The Morgan fingerprint density at radius 1 is 1.22 bits per heavy atom. The lowest BCUT2D eigenvalue weighted by molar-refractivity contribution is 0.0891. The van der Waals surface area contributed by atoms with E-state index < -0.39 is 8.32 Å². The zero-order valence-electron chi connectivity index (χ0n) is 11.9. The Kier molecular flexibility index (Phi) is 5.76. The van der Waals surface area contributed by atoms with Crippen LogP contribution in [0.5, 0.6) is 0 Å². The van der Waals surface area contributed by atoms with Crippen molar-refractivity contribution < 1.29 is 9.22 Å². The fraction of sp³-hybridized carbons (Fsp3) is 0.533. The van der Waals surface area contributed by atoms with Crippen molar-refractivity contribution in [1.82, 2.24) is 0 Å². The molecule has 100 valence electrons. The van der Waals surface area contributed by atoms with Crippen LogP contribution in [0, 0.1) is 0 Å². The van der Waals surface area contributed by atoms with Crippen molar-refractivity contribution in [2.45, 2.75) is 51.9 Å². The van der Waals surface area contributed by atoms with Crippen molar-refractivity contribution in [2.24, 2.45) is 0 Å². The predicted molar refractivity (Wildman–Crippen MR) is 78.5 cm³/mol. The topological polar surface area (TPSA) is 26.3 Å². The number of carbonyl (C=O) groups is 1. The first-order valence-corrected chi connectivity index (χ1v) is 10.1. The van der Waals surface area contributed by atoms with E-state index in [2.05, 4.69) is 26.6 Å². The molecule has 1 unspecified atom stereocenters. The molecule has 0 aliphatic heterocycles. The van der Waals surface area contributed by atoms with Gasteiger partial charge in [0, 0.05) is 12.0 Å². The second-order valence-corrected chi connectivity index (χ2v) is 10.1. The maximum Gasteiger partial charge on any atom is 0.184 e. The maximum atomic E-state index is 12.2. The van der Waals surface area contributed by atoms with Crippen LogP contribution in [-0.2, 0) is 4.43 Å². The molecule has 1 aromatic carbocycles. The van der Waals surface area contributed by atoms with Gasteiger partial charge in [-0.15, -0.1) is 0 Å². The molecule has 0 radical (unpaired) electrons. The van der Waals surface area contributed by atoms with E-state index >= 15 is 0 Å². The van der Waals surface area contributed by atoms with E-state index in [9.17, 15) is 4.79 Å². The van der Waals surface area contributed by atoms with Gasteiger partial charge in [0.1, 0.15) is 0 Å². The van der Waals surface area contributed by atoms with Crippen LogP contribution >= 0.6 is 0 Å². The molecule has 3 heteroatoms. The number of rotatable bonds is 7. The van der Waals surface area contributed by atoms with Gasteiger partial charge in [0.25, 0.3) is 0 Å². The second-order valence-electron chi connectivity index (χ2n) is 5.63. The first-order chi connectivity index (χ1) is 8.42. The van der Waals surface area contributed by atoms with Crippen molar-refractivity contribution in [1.29, 1.82) is 0 Å². The molecule has 1 aromatic rings. The summed E-state index contributed by atoms with van der Waals surface area (Å²) < 4.78 is 6.09. The summed E-state index contributed by atoms with van der Waals surface area (Å²) in [5.74, 6) is 0.187. The Bertz CT molecular complexity index is 368. The number of hydrogen-bond donors (Lipinski definition) is 0. The van der Waals surface area contributed by atoms with Gasteiger partial charge in [-0.1, -0.05) is 43.7 Å². The summed E-state index contributed by atoms with van der Waals surface area (Å²) in [7, 11) is -1.58. The van der Waals surface area contributed by atoms with Gasteiger partial charge in [-0.2, -0.15) is 0 Å². The minimum atomic E-state index is -1.58. The number of benzene rings is 1. The molecule has 0 fully saturated rings. The number of carbonyl (C=O) groups excluding carboxylic acids is 1. The van der Waals surface area contributed by atoms with Crippen LogP contribution < -0.4 is 0 Å². The van der Waals surface area contributed by atoms with Gasteiger partial charge >= 0.3 is 0 Å². The van der Waals surface area contributed by atoms with Crippen molar-refractivity contribution in [3.8, 4) is 0 Å². The van der Waals surface area contributed by atoms with Crippen LogP contribution in [0.1, 0.15) is 36.5 Å². The summed E-state index contributed by atoms with van der Waals surface area (Å²) >= 11 is 0. The second kappa shape index (κ2) is 6.85. The van der Waals surface area contributed by atoms with Crippen LogP contribution in [-0.4, -0.2) is 20.2 Å². The van der Waals surface area contributed by atoms with Crippen molar-refractivity contribution >= 4 is 14.1 Å². The standard InChI is InChI=1S/C15H24O2Si/c1-5-9-14(17-18(2,3)4)12-15(16)13-10-7-6-8-11-13/h6-8,10-11,14H,5,9,12H2,1-4H3. The number of Topliss-reactive ketones (excluding diaryl/α,β-unsaturated/α-hetero) is 1. The summed E-state index contributed by atoms with van der Waals surface area (Å²) in [4.78, 5) is 12.2. The molecule has 1 atom stereocenters. The Morgan fingerprint density at radius 2 is 1.83 bits per heavy atom. The van der Waals surface area contributed by atoms with Crippen LogP contribution in [0.4, 0.5) is 0 Å². The number of ketones is 1. The molecule has 0 bridgehead atoms. The molecule has 2 nitrogen and oxygen atoms in total. The van der Waals surface area contributed by atoms with Crippen LogP contribution in [0.15, 0.2) is 30.3 Å². The molecule has 0 amide bonds. The lowest BCUT2D eigenvalue weighted by Crippen LogP contribution is -2.33. The van der Waals surface area contributed by atoms with E-state index in [1.807, 2.05) is 30.3 Å². The molecule has 0 N–H and O–H groups in total. The smallest absolute Gasteiger partial charge is 0.184 e. The summed E-state index contributed by atoms with van der Waals surface area (Å²) in [6.45, 7) is 8.64. The van der Waals surface area contributed by atoms with Gasteiger partial charge in [0.2, 0.25) is 0 Å². The third kappa shape index (κ3) is 5.60. The van der Waals surface area contributed by atoms with Crippen molar-refractivity contribution in [3.05, 3.63) is 35.9 Å². The summed E-state index contributed by atoms with van der Waals surface area (Å²) in [5.41, 5.74) is 0.790. The lowest BCUT2D eigenvalue weighted by atomic mass is 10.0. The Balaban J connectivity index is 2.64. The molecule has 0 saturated carbocycles. The highest BCUT2D eigenvalue weighted by Crippen LogP contribution is 2.17. The average Bonchev–Trinajstić information content (AvgIpc) is 2.28.